The van der Waals surface area contributed by atoms with E-state index in [9.17, 15) is 4.79 Å². The first-order chi connectivity index (χ1) is 8.29. The van der Waals surface area contributed by atoms with E-state index in [0.717, 1.165) is 9.13 Å². The van der Waals surface area contributed by atoms with Crippen LogP contribution in [0.15, 0.2) is 24.3 Å². The van der Waals surface area contributed by atoms with Crippen molar-refractivity contribution in [2.24, 2.45) is 5.73 Å². The fraction of sp³-hybridized carbons (Fsp3) is 0.462. The Bertz CT molecular complexity index is 421. The summed E-state index contributed by atoms with van der Waals surface area (Å²) in [7, 11) is 0. The third kappa shape index (κ3) is 6.98. The SMILES string of the molecule is CC(C)(C)OC(=O)NCC(N)c1ccccc1I.Cl. The first-order valence-electron chi connectivity index (χ1n) is 5.76. The van der Waals surface area contributed by atoms with Gasteiger partial charge in [0.15, 0.2) is 0 Å². The van der Waals surface area contributed by atoms with Crippen LogP contribution < -0.4 is 11.1 Å². The average Bonchev–Trinajstić information content (AvgIpc) is 2.24. The highest BCUT2D eigenvalue weighted by Crippen LogP contribution is 2.17. The smallest absolute Gasteiger partial charge is 0.407 e. The maximum absolute atomic E-state index is 11.5. The van der Waals surface area contributed by atoms with E-state index < -0.39 is 11.7 Å². The molecule has 0 spiro atoms. The lowest BCUT2D eigenvalue weighted by Crippen LogP contribution is -2.36. The molecule has 0 aromatic heterocycles. The molecular weight excluding hydrogens is 379 g/mol. The van der Waals surface area contributed by atoms with Crippen molar-refractivity contribution in [1.29, 1.82) is 0 Å². The van der Waals surface area contributed by atoms with Crippen LogP contribution in [-0.4, -0.2) is 18.2 Å². The number of benzene rings is 1. The van der Waals surface area contributed by atoms with Crippen LogP contribution in [0.3, 0.4) is 0 Å². The third-order valence-electron chi connectivity index (χ3n) is 2.17. The molecule has 0 aliphatic rings. The van der Waals surface area contributed by atoms with Crippen molar-refractivity contribution in [3.05, 3.63) is 33.4 Å². The summed E-state index contributed by atoms with van der Waals surface area (Å²) in [6.07, 6.45) is -0.441. The van der Waals surface area contributed by atoms with Gasteiger partial charge in [-0.15, -0.1) is 12.4 Å². The summed E-state index contributed by atoms with van der Waals surface area (Å²) >= 11 is 2.23. The van der Waals surface area contributed by atoms with Crippen molar-refractivity contribution in [2.45, 2.75) is 32.4 Å². The Morgan fingerprint density at radius 2 is 2.00 bits per heavy atom. The Morgan fingerprint density at radius 1 is 1.42 bits per heavy atom. The van der Waals surface area contributed by atoms with Crippen molar-refractivity contribution in [3.63, 3.8) is 0 Å². The molecule has 0 saturated heterocycles. The van der Waals surface area contributed by atoms with Crippen LogP contribution in [0.25, 0.3) is 0 Å². The van der Waals surface area contributed by atoms with Crippen molar-refractivity contribution in [1.82, 2.24) is 5.32 Å². The second-order valence-corrected chi connectivity index (χ2v) is 6.17. The number of alkyl carbamates (subject to hydrolysis) is 1. The molecule has 19 heavy (non-hydrogen) atoms. The summed E-state index contributed by atoms with van der Waals surface area (Å²) < 4.78 is 6.24. The lowest BCUT2D eigenvalue weighted by Gasteiger charge is -2.21. The molecule has 0 radical (unpaired) electrons. The van der Waals surface area contributed by atoms with Gasteiger partial charge in [-0.2, -0.15) is 0 Å². The molecule has 3 N–H and O–H groups in total. The van der Waals surface area contributed by atoms with Crippen LogP contribution in [0.2, 0.25) is 0 Å². The number of carbonyl (C=O) groups is 1. The zero-order chi connectivity index (χ0) is 13.8. The Morgan fingerprint density at radius 3 is 2.53 bits per heavy atom. The Kier molecular flexibility index (Phi) is 7.69. The number of nitrogens with one attached hydrogen (secondary N) is 1. The molecule has 1 aromatic carbocycles. The molecule has 0 saturated carbocycles. The van der Waals surface area contributed by atoms with E-state index in [-0.39, 0.29) is 18.4 Å². The van der Waals surface area contributed by atoms with Gasteiger partial charge in [-0.3, -0.25) is 0 Å². The minimum Gasteiger partial charge on any atom is -0.444 e. The minimum atomic E-state index is -0.491. The molecule has 1 aromatic rings. The number of nitrogens with two attached hydrogens (primary N) is 1. The van der Waals surface area contributed by atoms with E-state index in [1.165, 1.54) is 0 Å². The number of halogens is 2. The number of carbonyl (C=O) groups excluding carboxylic acids is 1. The number of ether oxygens (including phenoxy) is 1. The van der Waals surface area contributed by atoms with Gasteiger partial charge in [-0.05, 0) is 55.0 Å². The molecule has 1 atom stereocenters. The number of rotatable bonds is 3. The van der Waals surface area contributed by atoms with E-state index in [4.69, 9.17) is 10.5 Å². The summed E-state index contributed by atoms with van der Waals surface area (Å²) in [5.74, 6) is 0. The molecule has 4 nitrogen and oxygen atoms in total. The standard InChI is InChI=1S/C13H19IN2O2.ClH/c1-13(2,3)18-12(17)16-8-11(15)9-6-4-5-7-10(9)14;/h4-7,11H,8,15H2,1-3H3,(H,16,17);1H. The molecule has 0 bridgehead atoms. The molecule has 1 amide bonds. The Hall–Kier alpha value is -0.530. The fourth-order valence-corrected chi connectivity index (χ4v) is 2.18. The van der Waals surface area contributed by atoms with E-state index in [0.29, 0.717) is 6.54 Å². The van der Waals surface area contributed by atoms with Gasteiger partial charge in [0.1, 0.15) is 5.60 Å². The van der Waals surface area contributed by atoms with Crippen LogP contribution in [0.4, 0.5) is 4.79 Å². The van der Waals surface area contributed by atoms with Crippen molar-refractivity contribution < 1.29 is 9.53 Å². The molecule has 0 heterocycles. The molecular formula is C13H20ClIN2O2. The van der Waals surface area contributed by atoms with Gasteiger partial charge in [0.05, 0.1) is 0 Å². The Labute approximate surface area is 134 Å². The summed E-state index contributed by atoms with van der Waals surface area (Å²) in [6, 6.07) is 7.61. The zero-order valence-electron chi connectivity index (χ0n) is 11.3. The Balaban J connectivity index is 0.00000324. The van der Waals surface area contributed by atoms with Crippen LogP contribution in [0.1, 0.15) is 32.4 Å². The van der Waals surface area contributed by atoms with E-state index in [2.05, 4.69) is 27.9 Å². The van der Waals surface area contributed by atoms with Gasteiger partial charge in [0, 0.05) is 16.2 Å². The lowest BCUT2D eigenvalue weighted by molar-refractivity contribution is 0.0524. The molecule has 1 rings (SSSR count). The highest BCUT2D eigenvalue weighted by atomic mass is 127. The van der Waals surface area contributed by atoms with Crippen LogP contribution >= 0.6 is 35.0 Å². The maximum atomic E-state index is 11.5. The van der Waals surface area contributed by atoms with Gasteiger partial charge >= 0.3 is 6.09 Å². The molecule has 1 unspecified atom stereocenters. The van der Waals surface area contributed by atoms with Crippen molar-refractivity contribution in [2.75, 3.05) is 6.54 Å². The number of hydrogen-bond donors (Lipinski definition) is 2. The van der Waals surface area contributed by atoms with Crippen molar-refractivity contribution >= 4 is 41.1 Å². The second-order valence-electron chi connectivity index (χ2n) is 5.01. The van der Waals surface area contributed by atoms with Crippen LogP contribution in [0.5, 0.6) is 0 Å². The largest absolute Gasteiger partial charge is 0.444 e. The summed E-state index contributed by atoms with van der Waals surface area (Å²) in [6.45, 7) is 5.83. The monoisotopic (exact) mass is 398 g/mol. The van der Waals surface area contributed by atoms with Gasteiger partial charge in [0.25, 0.3) is 0 Å². The molecule has 6 heteroatoms. The first kappa shape index (κ1) is 18.5. The molecule has 0 fully saturated rings. The van der Waals surface area contributed by atoms with E-state index in [1.54, 1.807) is 0 Å². The predicted octanol–water partition coefficient (Wildman–Crippen LogP) is 3.24. The number of amides is 1. The van der Waals surface area contributed by atoms with Gasteiger partial charge < -0.3 is 15.8 Å². The topological polar surface area (TPSA) is 64.3 Å². The van der Waals surface area contributed by atoms with Gasteiger partial charge in [0.2, 0.25) is 0 Å². The van der Waals surface area contributed by atoms with Crippen molar-refractivity contribution in [3.8, 4) is 0 Å². The third-order valence-corrected chi connectivity index (χ3v) is 3.15. The summed E-state index contributed by atoms with van der Waals surface area (Å²) in [5.41, 5.74) is 6.56. The quantitative estimate of drug-likeness (QED) is 0.768. The first-order valence-corrected chi connectivity index (χ1v) is 6.84. The minimum absolute atomic E-state index is 0. The summed E-state index contributed by atoms with van der Waals surface area (Å²) in [4.78, 5) is 11.5. The van der Waals surface area contributed by atoms with Gasteiger partial charge in [-0.1, -0.05) is 18.2 Å². The van der Waals surface area contributed by atoms with Crippen LogP contribution in [-0.2, 0) is 4.74 Å². The molecule has 108 valence electrons. The fourth-order valence-electron chi connectivity index (χ4n) is 1.39. The second kappa shape index (κ2) is 7.91. The predicted molar refractivity (Wildman–Crippen MR) is 87.6 cm³/mol. The lowest BCUT2D eigenvalue weighted by atomic mass is 10.1. The van der Waals surface area contributed by atoms with E-state index in [1.807, 2.05) is 45.0 Å². The molecule has 0 aliphatic carbocycles. The highest BCUT2D eigenvalue weighted by molar-refractivity contribution is 14.1. The normalized spacial score (nSPS) is 12.3. The number of hydrogen-bond acceptors (Lipinski definition) is 3. The highest BCUT2D eigenvalue weighted by Gasteiger charge is 2.17. The summed E-state index contributed by atoms with van der Waals surface area (Å²) in [5, 5.41) is 2.68. The zero-order valence-corrected chi connectivity index (χ0v) is 14.2. The maximum Gasteiger partial charge on any atom is 0.407 e. The molecule has 0 aliphatic heterocycles. The van der Waals surface area contributed by atoms with Gasteiger partial charge in [-0.25, -0.2) is 4.79 Å². The average molecular weight is 399 g/mol. The van der Waals surface area contributed by atoms with E-state index >= 15 is 0 Å². The van der Waals surface area contributed by atoms with Crippen LogP contribution in [0, 0.1) is 3.57 Å².